The second kappa shape index (κ2) is 7.14. The molecule has 2 heterocycles. The predicted octanol–water partition coefficient (Wildman–Crippen LogP) is 3.10. The van der Waals surface area contributed by atoms with Crippen LogP contribution in [0.3, 0.4) is 0 Å². The third-order valence-corrected chi connectivity index (χ3v) is 4.29. The van der Waals surface area contributed by atoms with E-state index in [1.165, 1.54) is 50.2 Å². The molecule has 1 aliphatic heterocycles. The Labute approximate surface area is 109 Å². The fourth-order valence-electron chi connectivity index (χ4n) is 2.46. The molecule has 17 heavy (non-hydrogen) atoms. The van der Waals surface area contributed by atoms with Crippen molar-refractivity contribution in [1.82, 2.24) is 10.2 Å². The van der Waals surface area contributed by atoms with Gasteiger partial charge in [0.15, 0.2) is 0 Å². The van der Waals surface area contributed by atoms with Gasteiger partial charge >= 0.3 is 0 Å². The van der Waals surface area contributed by atoms with E-state index < -0.39 is 0 Å². The number of rotatable bonds is 7. The van der Waals surface area contributed by atoms with E-state index >= 15 is 0 Å². The Bertz CT molecular complexity index is 291. The van der Waals surface area contributed by atoms with Gasteiger partial charge in [-0.1, -0.05) is 19.4 Å². The molecule has 0 aromatic carbocycles. The van der Waals surface area contributed by atoms with Crippen LogP contribution in [0.1, 0.15) is 37.5 Å². The summed E-state index contributed by atoms with van der Waals surface area (Å²) >= 11 is 1.88. The molecular weight excluding hydrogens is 228 g/mol. The number of unbranched alkanes of at least 4 members (excludes halogenated alkanes) is 1. The average Bonchev–Trinajstić information content (AvgIpc) is 2.99. The molecule has 1 N–H and O–H groups in total. The van der Waals surface area contributed by atoms with Crippen LogP contribution < -0.4 is 5.32 Å². The summed E-state index contributed by atoms with van der Waals surface area (Å²) in [6, 6.07) is 5.14. The van der Waals surface area contributed by atoms with Crippen molar-refractivity contribution in [2.24, 2.45) is 0 Å². The first kappa shape index (κ1) is 13.1. The zero-order valence-corrected chi connectivity index (χ0v) is 11.6. The summed E-state index contributed by atoms with van der Waals surface area (Å²) in [6.45, 7) is 7.09. The van der Waals surface area contributed by atoms with Gasteiger partial charge in [-0.3, -0.25) is 4.90 Å². The lowest BCUT2D eigenvalue weighted by Crippen LogP contribution is -2.37. The molecule has 3 heteroatoms. The second-order valence-electron chi connectivity index (χ2n) is 4.96. The molecule has 2 nitrogen and oxygen atoms in total. The lowest BCUT2D eigenvalue weighted by atomic mass is 10.2. The van der Waals surface area contributed by atoms with Crippen LogP contribution in [0.4, 0.5) is 0 Å². The molecule has 0 spiro atoms. The van der Waals surface area contributed by atoms with E-state index in [2.05, 4.69) is 34.7 Å². The normalized spacial score (nSPS) is 20.2. The van der Waals surface area contributed by atoms with E-state index in [0.717, 1.165) is 12.6 Å². The fourth-order valence-corrected chi connectivity index (χ4v) is 3.21. The van der Waals surface area contributed by atoms with Crippen molar-refractivity contribution < 1.29 is 0 Å². The van der Waals surface area contributed by atoms with Crippen LogP contribution in [0.5, 0.6) is 0 Å². The smallest absolute Gasteiger partial charge is 0.0328 e. The summed E-state index contributed by atoms with van der Waals surface area (Å²) in [6.07, 6.45) is 5.31. The van der Waals surface area contributed by atoms with Crippen LogP contribution in [-0.2, 0) is 6.54 Å². The molecule has 2 rings (SSSR count). The van der Waals surface area contributed by atoms with E-state index in [0.29, 0.717) is 0 Å². The molecule has 1 atom stereocenters. The monoisotopic (exact) mass is 252 g/mol. The maximum absolute atomic E-state index is 3.60. The van der Waals surface area contributed by atoms with Crippen molar-refractivity contribution in [2.45, 2.75) is 45.2 Å². The first-order chi connectivity index (χ1) is 8.38. The summed E-state index contributed by atoms with van der Waals surface area (Å²) in [7, 11) is 0. The predicted molar refractivity (Wildman–Crippen MR) is 75.5 cm³/mol. The fraction of sp³-hybridized carbons (Fsp3) is 0.714. The Kier molecular flexibility index (Phi) is 5.49. The van der Waals surface area contributed by atoms with Gasteiger partial charge in [-0.2, -0.15) is 0 Å². The van der Waals surface area contributed by atoms with Gasteiger partial charge in [0.05, 0.1) is 0 Å². The summed E-state index contributed by atoms with van der Waals surface area (Å²) in [5.41, 5.74) is 0. The highest BCUT2D eigenvalue weighted by molar-refractivity contribution is 7.09. The highest BCUT2D eigenvalue weighted by Gasteiger charge is 2.17. The molecule has 1 aromatic heterocycles. The molecule has 96 valence electrons. The van der Waals surface area contributed by atoms with E-state index in [-0.39, 0.29) is 0 Å². The Hall–Kier alpha value is -0.380. The molecule has 1 aliphatic rings. The number of hydrogen-bond acceptors (Lipinski definition) is 3. The van der Waals surface area contributed by atoms with Crippen LogP contribution in [0.15, 0.2) is 17.5 Å². The van der Waals surface area contributed by atoms with Gasteiger partial charge in [-0.15, -0.1) is 11.3 Å². The SMILES string of the molecule is CCCCN(Cc1cccs1)CC1CCCN1. The van der Waals surface area contributed by atoms with Gasteiger partial charge in [-0.05, 0) is 43.8 Å². The average molecular weight is 252 g/mol. The van der Waals surface area contributed by atoms with Gasteiger partial charge < -0.3 is 5.32 Å². The highest BCUT2D eigenvalue weighted by atomic mass is 32.1. The maximum atomic E-state index is 3.60. The lowest BCUT2D eigenvalue weighted by molar-refractivity contribution is 0.239. The Morgan fingerprint density at radius 1 is 1.53 bits per heavy atom. The molecule has 1 fully saturated rings. The van der Waals surface area contributed by atoms with Crippen LogP contribution >= 0.6 is 11.3 Å². The number of nitrogens with one attached hydrogen (secondary N) is 1. The first-order valence-electron chi connectivity index (χ1n) is 6.86. The zero-order chi connectivity index (χ0) is 11.9. The minimum Gasteiger partial charge on any atom is -0.313 e. The van der Waals surface area contributed by atoms with Gasteiger partial charge in [0.25, 0.3) is 0 Å². The topological polar surface area (TPSA) is 15.3 Å². The van der Waals surface area contributed by atoms with E-state index in [1.54, 1.807) is 0 Å². The van der Waals surface area contributed by atoms with Gasteiger partial charge in [0.2, 0.25) is 0 Å². The second-order valence-corrected chi connectivity index (χ2v) is 5.99. The minimum atomic E-state index is 0.729. The molecule has 0 aliphatic carbocycles. The van der Waals surface area contributed by atoms with E-state index in [4.69, 9.17) is 0 Å². The van der Waals surface area contributed by atoms with Crippen molar-refractivity contribution in [3.63, 3.8) is 0 Å². The molecule has 0 radical (unpaired) electrons. The molecule has 0 saturated carbocycles. The van der Waals surface area contributed by atoms with Crippen LogP contribution in [0.2, 0.25) is 0 Å². The van der Waals surface area contributed by atoms with Gasteiger partial charge in [0, 0.05) is 24.0 Å². The number of hydrogen-bond donors (Lipinski definition) is 1. The molecular formula is C14H24N2S. The van der Waals surface area contributed by atoms with Crippen LogP contribution in [0.25, 0.3) is 0 Å². The number of nitrogens with zero attached hydrogens (tertiary/aromatic N) is 1. The molecule has 0 bridgehead atoms. The third kappa shape index (κ3) is 4.41. The Balaban J connectivity index is 1.83. The Morgan fingerprint density at radius 3 is 3.12 bits per heavy atom. The Morgan fingerprint density at radius 2 is 2.47 bits per heavy atom. The summed E-state index contributed by atoms with van der Waals surface area (Å²) < 4.78 is 0. The van der Waals surface area contributed by atoms with Gasteiger partial charge in [-0.25, -0.2) is 0 Å². The van der Waals surface area contributed by atoms with Crippen LogP contribution in [0, 0.1) is 0 Å². The van der Waals surface area contributed by atoms with Crippen LogP contribution in [-0.4, -0.2) is 30.6 Å². The standard InChI is InChI=1S/C14H24N2S/c1-2-3-9-16(11-13-6-4-8-15-13)12-14-7-5-10-17-14/h5,7,10,13,15H,2-4,6,8-9,11-12H2,1H3. The third-order valence-electron chi connectivity index (χ3n) is 3.43. The van der Waals surface area contributed by atoms with Crippen molar-refractivity contribution in [3.05, 3.63) is 22.4 Å². The zero-order valence-electron chi connectivity index (χ0n) is 10.8. The highest BCUT2D eigenvalue weighted by Crippen LogP contribution is 2.14. The lowest BCUT2D eigenvalue weighted by Gasteiger charge is -2.25. The molecule has 1 unspecified atom stereocenters. The quantitative estimate of drug-likeness (QED) is 0.802. The van der Waals surface area contributed by atoms with Crippen molar-refractivity contribution >= 4 is 11.3 Å². The minimum absolute atomic E-state index is 0.729. The molecule has 1 aromatic rings. The molecule has 1 saturated heterocycles. The van der Waals surface area contributed by atoms with Crippen molar-refractivity contribution in [1.29, 1.82) is 0 Å². The largest absolute Gasteiger partial charge is 0.313 e. The van der Waals surface area contributed by atoms with Gasteiger partial charge in [0.1, 0.15) is 0 Å². The first-order valence-corrected chi connectivity index (χ1v) is 7.74. The molecule has 0 amide bonds. The maximum Gasteiger partial charge on any atom is 0.0328 e. The summed E-state index contributed by atoms with van der Waals surface area (Å²) in [5, 5.41) is 5.79. The summed E-state index contributed by atoms with van der Waals surface area (Å²) in [4.78, 5) is 4.12. The van der Waals surface area contributed by atoms with Crippen molar-refractivity contribution in [3.8, 4) is 0 Å². The number of thiophene rings is 1. The van der Waals surface area contributed by atoms with E-state index in [1.807, 2.05) is 11.3 Å². The van der Waals surface area contributed by atoms with Crippen molar-refractivity contribution in [2.75, 3.05) is 19.6 Å². The van der Waals surface area contributed by atoms with E-state index in [9.17, 15) is 0 Å². The summed E-state index contributed by atoms with van der Waals surface area (Å²) in [5.74, 6) is 0.